The number of aromatic nitrogens is 3. The van der Waals surface area contributed by atoms with E-state index in [0.29, 0.717) is 24.2 Å². The van der Waals surface area contributed by atoms with Crippen LogP contribution in [0.1, 0.15) is 35.3 Å². The first-order chi connectivity index (χ1) is 16.3. The summed E-state index contributed by atoms with van der Waals surface area (Å²) in [6, 6.07) is 2.78. The van der Waals surface area contributed by atoms with Crippen molar-refractivity contribution >= 4 is 41.0 Å². The molecule has 0 aliphatic carbocycles. The van der Waals surface area contributed by atoms with E-state index in [-0.39, 0.29) is 34.3 Å². The molecule has 192 valence electrons. The monoisotopic (exact) mass is 540 g/mol. The Morgan fingerprint density at radius 2 is 1.80 bits per heavy atom. The van der Waals surface area contributed by atoms with Gasteiger partial charge in [-0.15, -0.1) is 5.10 Å². The molecule has 1 saturated heterocycles. The molecule has 2 aromatic rings. The van der Waals surface area contributed by atoms with Gasteiger partial charge in [-0.1, -0.05) is 28.4 Å². The fraction of sp³-hybridized carbons (Fsp3) is 0.450. The Morgan fingerprint density at radius 1 is 1.20 bits per heavy atom. The number of carbonyl (C=O) groups excluding carboxylic acids is 2. The van der Waals surface area contributed by atoms with Gasteiger partial charge in [-0.3, -0.25) is 9.59 Å². The zero-order valence-electron chi connectivity index (χ0n) is 18.3. The molecular weight excluding hydrogens is 520 g/mol. The number of rotatable bonds is 5. The van der Waals surface area contributed by atoms with Crippen molar-refractivity contribution in [2.45, 2.75) is 44.4 Å². The van der Waals surface area contributed by atoms with Gasteiger partial charge in [0.25, 0.3) is 5.91 Å². The average Bonchev–Trinajstić information content (AvgIpc) is 3.23. The number of methoxy groups -OCH3 is 1. The molecule has 3 rings (SSSR count). The number of ether oxygens (including phenoxy) is 1. The van der Waals surface area contributed by atoms with E-state index in [9.17, 15) is 27.9 Å². The number of benzene rings is 1. The lowest BCUT2D eigenvalue weighted by molar-refractivity contribution is -0.192. The number of halogens is 5. The van der Waals surface area contributed by atoms with Crippen LogP contribution in [0, 0.1) is 0 Å². The number of hydrogen-bond acceptors (Lipinski definition) is 7. The molecule has 10 nitrogen and oxygen atoms in total. The molecule has 1 aromatic heterocycles. The van der Waals surface area contributed by atoms with Gasteiger partial charge in [-0.2, -0.15) is 13.2 Å². The third kappa shape index (κ3) is 7.99. The lowest BCUT2D eigenvalue weighted by Crippen LogP contribution is -2.45. The topological polar surface area (TPSA) is 135 Å². The second-order valence-electron chi connectivity index (χ2n) is 7.43. The van der Waals surface area contributed by atoms with E-state index < -0.39 is 18.1 Å². The maximum Gasteiger partial charge on any atom is 0.490 e. The summed E-state index contributed by atoms with van der Waals surface area (Å²) in [7, 11) is 1.31. The number of amides is 1. The number of aliphatic carboxylic acids is 1. The highest BCUT2D eigenvalue weighted by molar-refractivity contribution is 6.37. The van der Waals surface area contributed by atoms with Gasteiger partial charge in [-0.25, -0.2) is 9.48 Å². The van der Waals surface area contributed by atoms with Crippen molar-refractivity contribution < 1.29 is 42.5 Å². The van der Waals surface area contributed by atoms with Gasteiger partial charge in [0.1, 0.15) is 6.54 Å². The first-order valence-corrected chi connectivity index (χ1v) is 10.8. The van der Waals surface area contributed by atoms with Crippen LogP contribution in [-0.2, 0) is 27.3 Å². The summed E-state index contributed by atoms with van der Waals surface area (Å²) in [6.45, 7) is 0.594. The molecule has 0 bridgehead atoms. The number of phenolic OH excluding ortho intramolecular Hbond substituents is 1. The summed E-state index contributed by atoms with van der Waals surface area (Å²) < 4.78 is 37.8. The molecule has 2 N–H and O–H groups in total. The lowest BCUT2D eigenvalue weighted by Gasteiger charge is -2.35. The number of carboxylic acids is 1. The highest BCUT2D eigenvalue weighted by Gasteiger charge is 2.38. The Balaban J connectivity index is 0.000000540. The van der Waals surface area contributed by atoms with Gasteiger partial charge >= 0.3 is 18.1 Å². The zero-order chi connectivity index (χ0) is 26.3. The summed E-state index contributed by atoms with van der Waals surface area (Å²) in [6.07, 6.45) is -0.150. The second kappa shape index (κ2) is 12.1. The number of alkyl halides is 3. The van der Waals surface area contributed by atoms with Crippen molar-refractivity contribution in [1.29, 1.82) is 0 Å². The number of aromatic hydroxyl groups is 1. The summed E-state index contributed by atoms with van der Waals surface area (Å²) in [5, 5.41) is 24.9. The molecule has 1 aliphatic heterocycles. The Morgan fingerprint density at radius 3 is 2.34 bits per heavy atom. The predicted molar refractivity (Wildman–Crippen MR) is 116 cm³/mol. The largest absolute Gasteiger partial charge is 0.505 e. The molecule has 1 aromatic carbocycles. The van der Waals surface area contributed by atoms with E-state index in [4.69, 9.17) is 33.1 Å². The third-order valence-electron chi connectivity index (χ3n) is 4.94. The Hall–Kier alpha value is -3.06. The first kappa shape index (κ1) is 28.2. The van der Waals surface area contributed by atoms with Crippen LogP contribution in [0.5, 0.6) is 5.75 Å². The van der Waals surface area contributed by atoms with Crippen LogP contribution in [0.15, 0.2) is 18.3 Å². The molecule has 0 radical (unpaired) electrons. The highest BCUT2D eigenvalue weighted by Crippen LogP contribution is 2.34. The number of hydrogen-bond donors (Lipinski definition) is 2. The number of nitrogens with zero attached hydrogens (tertiary/aromatic N) is 4. The van der Waals surface area contributed by atoms with Crippen molar-refractivity contribution in [3.8, 4) is 5.75 Å². The molecular formula is C20H21Cl2F3N4O6. The molecule has 1 unspecified atom stereocenters. The summed E-state index contributed by atoms with van der Waals surface area (Å²) >= 11 is 11.9. The van der Waals surface area contributed by atoms with E-state index >= 15 is 0 Å². The molecule has 2 heterocycles. The number of carbonyl (C=O) groups is 3. The predicted octanol–water partition coefficient (Wildman–Crippen LogP) is 3.33. The lowest BCUT2D eigenvalue weighted by atomic mass is 9.97. The Kier molecular flexibility index (Phi) is 9.72. The Bertz CT molecular complexity index is 1060. The molecule has 1 atom stereocenters. The molecule has 15 heteroatoms. The number of esters is 1. The molecule has 1 fully saturated rings. The van der Waals surface area contributed by atoms with Gasteiger partial charge in [0.15, 0.2) is 5.75 Å². The quantitative estimate of drug-likeness (QED) is 0.551. The molecule has 0 saturated carbocycles. The van der Waals surface area contributed by atoms with Crippen molar-refractivity contribution in [3.05, 3.63) is 39.6 Å². The van der Waals surface area contributed by atoms with Crippen molar-refractivity contribution in [2.75, 3.05) is 13.7 Å². The molecule has 0 spiro atoms. The Labute approximate surface area is 207 Å². The molecule has 35 heavy (non-hydrogen) atoms. The minimum absolute atomic E-state index is 0.0126. The first-order valence-electron chi connectivity index (χ1n) is 10.1. The van der Waals surface area contributed by atoms with Crippen molar-refractivity contribution in [3.63, 3.8) is 0 Å². The minimum Gasteiger partial charge on any atom is -0.505 e. The minimum atomic E-state index is -5.08. The van der Waals surface area contributed by atoms with Crippen LogP contribution in [0.2, 0.25) is 10.0 Å². The maximum absolute atomic E-state index is 13.0. The fourth-order valence-electron chi connectivity index (χ4n) is 3.28. The van der Waals surface area contributed by atoms with Gasteiger partial charge in [0.2, 0.25) is 0 Å². The molecule has 1 aliphatic rings. The number of carboxylic acid groups (broad SMARTS) is 1. The van der Waals surface area contributed by atoms with E-state index in [1.54, 1.807) is 11.1 Å². The van der Waals surface area contributed by atoms with Gasteiger partial charge in [-0.05, 0) is 31.4 Å². The summed E-state index contributed by atoms with van der Waals surface area (Å²) in [5.41, 5.74) is 1.02. The van der Waals surface area contributed by atoms with Crippen molar-refractivity contribution in [1.82, 2.24) is 19.9 Å². The standard InChI is InChI=1S/C18H20Cl2N4O4.C2HF3O2/c1-28-16(25)10-23-9-12(21-22-23)8-13-4-2-3-5-24(13)18(27)11-6-14(19)17(26)15(20)7-11;3-2(4,5)1(6)7/h6-7,9,13,26H,2-5,8,10H2,1H3;(H,6,7). The zero-order valence-corrected chi connectivity index (χ0v) is 19.8. The van der Waals surface area contributed by atoms with Crippen LogP contribution in [0.3, 0.4) is 0 Å². The van der Waals surface area contributed by atoms with Crippen LogP contribution < -0.4 is 0 Å². The van der Waals surface area contributed by atoms with Crippen LogP contribution in [-0.4, -0.2) is 73.8 Å². The van der Waals surface area contributed by atoms with E-state index in [1.807, 2.05) is 0 Å². The molecule has 1 amide bonds. The van der Waals surface area contributed by atoms with Crippen LogP contribution in [0.25, 0.3) is 0 Å². The summed E-state index contributed by atoms with van der Waals surface area (Å²) in [5.74, 6) is -3.60. The van der Waals surface area contributed by atoms with E-state index in [2.05, 4.69) is 15.0 Å². The van der Waals surface area contributed by atoms with Gasteiger partial charge in [0, 0.05) is 30.8 Å². The van der Waals surface area contributed by atoms with E-state index in [1.165, 1.54) is 23.9 Å². The number of piperidine rings is 1. The average molecular weight is 541 g/mol. The normalized spacial score (nSPS) is 15.7. The van der Waals surface area contributed by atoms with Crippen molar-refractivity contribution in [2.24, 2.45) is 0 Å². The van der Waals surface area contributed by atoms with Gasteiger partial charge < -0.3 is 19.8 Å². The maximum atomic E-state index is 13.0. The fourth-order valence-corrected chi connectivity index (χ4v) is 3.77. The van der Waals surface area contributed by atoms with E-state index in [0.717, 1.165) is 19.3 Å². The smallest absolute Gasteiger partial charge is 0.490 e. The second-order valence-corrected chi connectivity index (χ2v) is 8.24. The third-order valence-corrected chi connectivity index (χ3v) is 5.52. The van der Waals surface area contributed by atoms with Crippen LogP contribution in [0.4, 0.5) is 13.2 Å². The van der Waals surface area contributed by atoms with Crippen LogP contribution >= 0.6 is 23.2 Å². The van der Waals surface area contributed by atoms with Gasteiger partial charge in [0.05, 0.1) is 22.8 Å². The SMILES string of the molecule is COC(=O)Cn1cc(CC2CCCCN2C(=O)c2cc(Cl)c(O)c(Cl)c2)nn1.O=C(O)C(F)(F)F. The summed E-state index contributed by atoms with van der Waals surface area (Å²) in [4.78, 5) is 35.1. The highest BCUT2D eigenvalue weighted by atomic mass is 35.5. The number of likely N-dealkylation sites (tertiary alicyclic amines) is 1. The number of phenols is 1.